The summed E-state index contributed by atoms with van der Waals surface area (Å²) in [6, 6.07) is 20.9. The molecule has 3 aromatic carbocycles. The van der Waals surface area contributed by atoms with Crippen LogP contribution in [0.5, 0.6) is 0 Å². The van der Waals surface area contributed by atoms with Gasteiger partial charge in [-0.1, -0.05) is 56.3 Å². The summed E-state index contributed by atoms with van der Waals surface area (Å²) >= 11 is 0. The molecule has 182 valence electrons. The molecule has 0 saturated carbocycles. The Morgan fingerprint density at radius 3 is 2.38 bits per heavy atom. The summed E-state index contributed by atoms with van der Waals surface area (Å²) in [5.74, 6) is 0. The molecule has 0 saturated heterocycles. The van der Waals surface area contributed by atoms with Gasteiger partial charge in [0.25, 0.3) is 5.70 Å². The molecule has 0 atom stereocenters. The van der Waals surface area contributed by atoms with Gasteiger partial charge < -0.3 is 9.45 Å². The van der Waals surface area contributed by atoms with Gasteiger partial charge in [0.05, 0.1) is 29.2 Å². The smallest absolute Gasteiger partial charge is 0.270 e. The minimum Gasteiger partial charge on any atom is -0.744 e. The molecule has 0 bridgehead atoms. The molecule has 0 N–H and O–H groups in total. The zero-order chi connectivity index (χ0) is 27.0. The van der Waals surface area contributed by atoms with Crippen LogP contribution in [0.25, 0.3) is 21.2 Å². The molecule has 0 amide bonds. The first kappa shape index (κ1) is 25.4. The van der Waals surface area contributed by atoms with Crippen LogP contribution in [0.3, 0.4) is 0 Å². The number of likely N-dealkylation sites (N-methyl/N-ethyl adjacent to an activating group) is 1. The van der Waals surface area contributed by atoms with Gasteiger partial charge in [0.1, 0.15) is 10.1 Å². The Kier molecular flexibility index (Phi) is 6.46. The van der Waals surface area contributed by atoms with E-state index >= 15 is 0 Å². The van der Waals surface area contributed by atoms with Crippen LogP contribution in [0, 0.1) is 29.2 Å². The molecule has 7 nitrogen and oxygen atoms in total. The summed E-state index contributed by atoms with van der Waals surface area (Å²) in [7, 11) is -2.68. The van der Waals surface area contributed by atoms with E-state index in [0.29, 0.717) is 10.9 Å². The number of anilines is 1. The van der Waals surface area contributed by atoms with Gasteiger partial charge in [-0.05, 0) is 52.3 Å². The molecule has 0 spiro atoms. The maximum atomic E-state index is 11.5. The van der Waals surface area contributed by atoms with Gasteiger partial charge in [0, 0.05) is 29.4 Å². The highest BCUT2D eigenvalue weighted by atomic mass is 32.2. The van der Waals surface area contributed by atoms with Crippen molar-refractivity contribution in [2.45, 2.75) is 24.2 Å². The lowest BCUT2D eigenvalue weighted by Crippen LogP contribution is -2.22. The third-order valence-corrected chi connectivity index (χ3v) is 7.39. The lowest BCUT2D eigenvalue weighted by Gasteiger charge is -2.24. The fraction of sp³-hybridized carbons (Fsp3) is 0.138. The van der Waals surface area contributed by atoms with Gasteiger partial charge in [0.2, 0.25) is 0 Å². The standard InChI is InChI=1S/C29H22N4O3S/c1-29(2)26(15-11-21(17-30)27(24(18-31)32-3)19-8-6-5-7-9-19)33(4)25-14-10-20-16-22(37(34,35)36)12-13-23(20)28(25)29/h5-16H,1-2,4H3,(H,34,35,36)/p-1/b21-11+,26-15+,27-24+. The molecule has 8 heteroatoms. The SMILES string of the molecule is [C-]#[N+]/C(C#N)=C(/C(C#N)=C/C=C1/N(C)c2ccc3cc(S(=O)(=O)[O-])ccc3c2C1(C)C)c1ccccc1. The van der Waals surface area contributed by atoms with E-state index in [1.54, 1.807) is 42.5 Å². The lowest BCUT2D eigenvalue weighted by atomic mass is 9.81. The molecule has 0 unspecified atom stereocenters. The first-order valence-electron chi connectivity index (χ1n) is 11.2. The van der Waals surface area contributed by atoms with Crippen LogP contribution in [0.15, 0.2) is 94.7 Å². The van der Waals surface area contributed by atoms with E-state index < -0.39 is 15.5 Å². The Morgan fingerprint density at radius 2 is 1.78 bits per heavy atom. The van der Waals surface area contributed by atoms with Gasteiger partial charge >= 0.3 is 0 Å². The summed E-state index contributed by atoms with van der Waals surface area (Å²) in [5.41, 5.74) is 3.05. The second-order valence-corrected chi connectivity index (χ2v) is 10.4. The summed E-state index contributed by atoms with van der Waals surface area (Å²) in [6.45, 7) is 11.5. The predicted octanol–water partition coefficient (Wildman–Crippen LogP) is 5.66. The zero-order valence-electron chi connectivity index (χ0n) is 20.4. The van der Waals surface area contributed by atoms with E-state index in [0.717, 1.165) is 22.3 Å². The molecular formula is C29H21N4O3S-. The minimum atomic E-state index is -4.58. The molecule has 1 heterocycles. The van der Waals surface area contributed by atoms with Crippen LogP contribution in [0.4, 0.5) is 5.69 Å². The first-order chi connectivity index (χ1) is 17.5. The molecule has 0 aliphatic carbocycles. The molecule has 0 fully saturated rings. The first-order valence-corrected chi connectivity index (χ1v) is 12.6. The van der Waals surface area contributed by atoms with Crippen molar-refractivity contribution in [1.29, 1.82) is 10.5 Å². The number of nitriles is 2. The number of nitrogens with zero attached hydrogens (tertiary/aromatic N) is 4. The number of fused-ring (bicyclic) bond motifs is 3. The van der Waals surface area contributed by atoms with Crippen molar-refractivity contribution in [2.75, 3.05) is 11.9 Å². The van der Waals surface area contributed by atoms with E-state index in [9.17, 15) is 23.5 Å². The van der Waals surface area contributed by atoms with Crippen molar-refractivity contribution in [2.24, 2.45) is 0 Å². The fourth-order valence-corrected chi connectivity index (χ4v) is 5.39. The molecule has 0 aromatic heterocycles. The van der Waals surface area contributed by atoms with E-state index in [2.05, 4.69) is 10.9 Å². The molecule has 3 aromatic rings. The second-order valence-electron chi connectivity index (χ2n) is 9.04. The van der Waals surface area contributed by atoms with E-state index in [1.165, 1.54) is 12.1 Å². The van der Waals surface area contributed by atoms with E-state index in [-0.39, 0.29) is 21.7 Å². The normalized spacial score (nSPS) is 16.5. The summed E-state index contributed by atoms with van der Waals surface area (Å²) in [4.78, 5) is 5.05. The molecule has 4 rings (SSSR count). The van der Waals surface area contributed by atoms with Crippen LogP contribution in [-0.4, -0.2) is 20.0 Å². The Bertz CT molecular complexity index is 1750. The van der Waals surface area contributed by atoms with Crippen molar-refractivity contribution in [3.8, 4) is 12.1 Å². The molecule has 1 aliphatic rings. The topological polar surface area (TPSA) is 112 Å². The summed E-state index contributed by atoms with van der Waals surface area (Å²) in [6.07, 6.45) is 3.43. The van der Waals surface area contributed by atoms with Crippen LogP contribution < -0.4 is 4.90 Å². The Hall–Kier alpha value is -4.68. The summed E-state index contributed by atoms with van der Waals surface area (Å²) < 4.78 is 34.6. The average molecular weight is 506 g/mol. The van der Waals surface area contributed by atoms with Gasteiger partial charge in [-0.15, -0.1) is 0 Å². The molecule has 0 radical (unpaired) electrons. The molecular weight excluding hydrogens is 484 g/mol. The highest BCUT2D eigenvalue weighted by Crippen LogP contribution is 2.50. The van der Waals surface area contributed by atoms with Gasteiger partial charge in [-0.25, -0.2) is 18.5 Å². The van der Waals surface area contributed by atoms with Crippen LogP contribution >= 0.6 is 0 Å². The summed E-state index contributed by atoms with van der Waals surface area (Å²) in [5, 5.41) is 21.0. The van der Waals surface area contributed by atoms with Crippen molar-refractivity contribution >= 4 is 32.2 Å². The number of hydrogen-bond donors (Lipinski definition) is 0. The van der Waals surface area contributed by atoms with Crippen molar-refractivity contribution in [1.82, 2.24) is 0 Å². The maximum absolute atomic E-state index is 11.5. The third-order valence-electron chi connectivity index (χ3n) is 6.56. The van der Waals surface area contributed by atoms with Crippen LogP contribution in [0.2, 0.25) is 0 Å². The number of rotatable bonds is 4. The predicted molar refractivity (Wildman–Crippen MR) is 141 cm³/mol. The number of hydrogen-bond acceptors (Lipinski definition) is 6. The highest BCUT2D eigenvalue weighted by Gasteiger charge is 2.39. The molecule has 37 heavy (non-hydrogen) atoms. The molecule has 1 aliphatic heterocycles. The van der Waals surface area contributed by atoms with E-state index in [1.807, 2.05) is 50.1 Å². The average Bonchev–Trinajstić information content (AvgIpc) is 3.08. The van der Waals surface area contributed by atoms with E-state index in [4.69, 9.17) is 6.57 Å². The third kappa shape index (κ3) is 4.39. The fourth-order valence-electron chi connectivity index (χ4n) is 4.89. The Balaban J connectivity index is 1.89. The zero-order valence-corrected chi connectivity index (χ0v) is 21.2. The van der Waals surface area contributed by atoms with Crippen LogP contribution in [-0.2, 0) is 15.5 Å². The monoisotopic (exact) mass is 505 g/mol. The maximum Gasteiger partial charge on any atom is 0.270 e. The minimum absolute atomic E-state index is 0.171. The van der Waals surface area contributed by atoms with Gasteiger partial charge in [0.15, 0.2) is 0 Å². The highest BCUT2D eigenvalue weighted by molar-refractivity contribution is 7.85. The lowest BCUT2D eigenvalue weighted by molar-refractivity contribution is 0.463. The van der Waals surface area contributed by atoms with Crippen molar-refractivity contribution in [3.63, 3.8) is 0 Å². The largest absolute Gasteiger partial charge is 0.744 e. The number of benzene rings is 3. The number of allylic oxidation sites excluding steroid dienone is 6. The Labute approximate surface area is 216 Å². The van der Waals surface area contributed by atoms with Crippen molar-refractivity contribution in [3.05, 3.63) is 112 Å². The van der Waals surface area contributed by atoms with Crippen molar-refractivity contribution < 1.29 is 13.0 Å². The Morgan fingerprint density at radius 1 is 1.08 bits per heavy atom. The van der Waals surface area contributed by atoms with Gasteiger partial charge in [-0.2, -0.15) is 5.26 Å². The van der Waals surface area contributed by atoms with Crippen LogP contribution in [0.1, 0.15) is 25.0 Å². The quantitative estimate of drug-likeness (QED) is 0.196. The second kappa shape index (κ2) is 9.41. The van der Waals surface area contributed by atoms with Gasteiger partial charge in [-0.3, -0.25) is 0 Å².